The lowest BCUT2D eigenvalue weighted by molar-refractivity contribution is 0.0537. The van der Waals surface area contributed by atoms with Crippen LogP contribution < -0.4 is 4.72 Å². The Morgan fingerprint density at radius 1 is 1.29 bits per heavy atom. The Balaban J connectivity index is 2.04. The van der Waals surface area contributed by atoms with Gasteiger partial charge in [-0.05, 0) is 37.5 Å². The summed E-state index contributed by atoms with van der Waals surface area (Å²) in [4.78, 5) is 10.8. The smallest absolute Gasteiger partial charge is 0.335 e. The van der Waals surface area contributed by atoms with E-state index >= 15 is 0 Å². The van der Waals surface area contributed by atoms with Crippen molar-refractivity contribution in [1.82, 2.24) is 4.72 Å². The van der Waals surface area contributed by atoms with E-state index in [2.05, 4.69) is 4.72 Å². The number of carboxylic acids is 1. The minimum Gasteiger partial charge on any atom is -0.478 e. The molecule has 21 heavy (non-hydrogen) atoms. The Labute approximate surface area is 124 Å². The molecule has 2 rings (SSSR count). The number of benzene rings is 1. The van der Waals surface area contributed by atoms with Gasteiger partial charge in [-0.15, -0.1) is 0 Å². The third-order valence-corrected chi connectivity index (χ3v) is 5.07. The molecule has 0 unspecified atom stereocenters. The molecule has 0 radical (unpaired) electrons. The van der Waals surface area contributed by atoms with Gasteiger partial charge in [0.05, 0.1) is 11.3 Å². The maximum absolute atomic E-state index is 12.2. The number of hydrogen-bond acceptors (Lipinski definition) is 4. The van der Waals surface area contributed by atoms with E-state index in [4.69, 9.17) is 9.84 Å². The van der Waals surface area contributed by atoms with Gasteiger partial charge in [-0.25, -0.2) is 17.9 Å². The zero-order chi connectivity index (χ0) is 15.5. The number of rotatable bonds is 5. The molecule has 0 amide bonds. The first-order valence-corrected chi connectivity index (χ1v) is 8.37. The first-order valence-electron chi connectivity index (χ1n) is 6.71. The van der Waals surface area contributed by atoms with Gasteiger partial charge in [0, 0.05) is 18.8 Å². The molecule has 7 heteroatoms. The predicted octanol–water partition coefficient (Wildman–Crippen LogP) is 1.37. The molecular formula is C14H19NO5S. The molecule has 116 valence electrons. The van der Waals surface area contributed by atoms with Gasteiger partial charge in [0.15, 0.2) is 0 Å². The Bertz CT molecular complexity index is 603. The van der Waals surface area contributed by atoms with Gasteiger partial charge < -0.3 is 9.84 Å². The minimum absolute atomic E-state index is 0.139. The number of sulfonamides is 1. The highest BCUT2D eigenvalue weighted by Crippen LogP contribution is 2.21. The number of carbonyl (C=O) groups is 1. The fraction of sp³-hybridized carbons (Fsp3) is 0.500. The SMILES string of the molecule is CC1(NS(=O)(=O)Cc2ccc(C(=O)O)cc2)CCOCC1. The standard InChI is InChI=1S/C14H19NO5S/c1-14(6-8-20-9-7-14)15-21(18,19)10-11-2-4-12(5-3-11)13(16)17/h2-5,15H,6-10H2,1H3,(H,16,17). The third-order valence-electron chi connectivity index (χ3n) is 3.56. The fourth-order valence-electron chi connectivity index (χ4n) is 2.30. The highest BCUT2D eigenvalue weighted by Gasteiger charge is 2.31. The molecule has 0 bridgehead atoms. The summed E-state index contributed by atoms with van der Waals surface area (Å²) in [6.07, 6.45) is 1.29. The van der Waals surface area contributed by atoms with E-state index in [1.807, 2.05) is 6.92 Å². The van der Waals surface area contributed by atoms with Gasteiger partial charge in [0.25, 0.3) is 0 Å². The average Bonchev–Trinajstić information content (AvgIpc) is 2.38. The molecule has 1 aromatic carbocycles. The quantitative estimate of drug-likeness (QED) is 0.856. The normalized spacial score (nSPS) is 18.3. The first-order chi connectivity index (χ1) is 9.80. The summed E-state index contributed by atoms with van der Waals surface area (Å²) in [6, 6.07) is 5.86. The van der Waals surface area contributed by atoms with Crippen molar-refractivity contribution < 1.29 is 23.1 Å². The van der Waals surface area contributed by atoms with Crippen molar-refractivity contribution in [2.24, 2.45) is 0 Å². The second-order valence-electron chi connectivity index (χ2n) is 5.54. The Morgan fingerprint density at radius 3 is 2.38 bits per heavy atom. The van der Waals surface area contributed by atoms with Gasteiger partial charge in [-0.3, -0.25) is 0 Å². The molecule has 1 heterocycles. The highest BCUT2D eigenvalue weighted by atomic mass is 32.2. The summed E-state index contributed by atoms with van der Waals surface area (Å²) < 4.78 is 32.4. The van der Waals surface area contributed by atoms with E-state index in [1.54, 1.807) is 0 Å². The molecule has 0 saturated carbocycles. The van der Waals surface area contributed by atoms with Crippen LogP contribution in [0.25, 0.3) is 0 Å². The molecule has 1 aliphatic rings. The molecule has 0 spiro atoms. The van der Waals surface area contributed by atoms with Gasteiger partial charge >= 0.3 is 5.97 Å². The lowest BCUT2D eigenvalue weighted by Gasteiger charge is -2.34. The second-order valence-corrected chi connectivity index (χ2v) is 7.26. The Morgan fingerprint density at radius 2 is 1.86 bits per heavy atom. The van der Waals surface area contributed by atoms with Crippen LogP contribution in [0.1, 0.15) is 35.7 Å². The highest BCUT2D eigenvalue weighted by molar-refractivity contribution is 7.88. The Hall–Kier alpha value is -1.44. The van der Waals surface area contributed by atoms with Gasteiger partial charge in [-0.1, -0.05) is 12.1 Å². The van der Waals surface area contributed by atoms with Crippen molar-refractivity contribution in [1.29, 1.82) is 0 Å². The van der Waals surface area contributed by atoms with Crippen LogP contribution in [0, 0.1) is 0 Å². The summed E-state index contributed by atoms with van der Waals surface area (Å²) in [5.74, 6) is -1.19. The predicted molar refractivity (Wildman–Crippen MR) is 77.6 cm³/mol. The van der Waals surface area contributed by atoms with Crippen molar-refractivity contribution in [3.63, 3.8) is 0 Å². The molecular weight excluding hydrogens is 294 g/mol. The number of ether oxygens (including phenoxy) is 1. The van der Waals surface area contributed by atoms with Crippen molar-refractivity contribution in [3.05, 3.63) is 35.4 Å². The van der Waals surface area contributed by atoms with Crippen LogP contribution in [0.3, 0.4) is 0 Å². The molecule has 1 aliphatic heterocycles. The summed E-state index contributed by atoms with van der Waals surface area (Å²) in [5.41, 5.74) is 0.224. The van der Waals surface area contributed by atoms with Crippen LogP contribution in [0.15, 0.2) is 24.3 Å². The first kappa shape index (κ1) is 15.9. The van der Waals surface area contributed by atoms with E-state index in [0.29, 0.717) is 31.6 Å². The van der Waals surface area contributed by atoms with Gasteiger partial charge in [0.1, 0.15) is 0 Å². The number of aromatic carboxylic acids is 1. The lowest BCUT2D eigenvalue weighted by atomic mass is 9.94. The molecule has 1 saturated heterocycles. The number of nitrogens with one attached hydrogen (secondary N) is 1. The summed E-state index contributed by atoms with van der Waals surface area (Å²) >= 11 is 0. The molecule has 1 fully saturated rings. The monoisotopic (exact) mass is 313 g/mol. The van der Waals surface area contributed by atoms with E-state index in [1.165, 1.54) is 24.3 Å². The van der Waals surface area contributed by atoms with Crippen LogP contribution >= 0.6 is 0 Å². The largest absolute Gasteiger partial charge is 0.478 e. The van der Waals surface area contributed by atoms with Gasteiger partial charge in [0.2, 0.25) is 10.0 Å². The summed E-state index contributed by atoms with van der Waals surface area (Å²) in [5, 5.41) is 8.82. The topological polar surface area (TPSA) is 92.7 Å². The zero-order valence-corrected chi connectivity index (χ0v) is 12.6. The Kier molecular flexibility index (Phi) is 4.65. The van der Waals surface area contributed by atoms with Crippen LogP contribution in [0.4, 0.5) is 0 Å². The third kappa shape index (κ3) is 4.52. The fourth-order valence-corrected chi connectivity index (χ4v) is 3.96. The maximum Gasteiger partial charge on any atom is 0.335 e. The second kappa shape index (κ2) is 6.13. The number of hydrogen-bond donors (Lipinski definition) is 2. The zero-order valence-electron chi connectivity index (χ0n) is 11.8. The molecule has 6 nitrogen and oxygen atoms in total. The van der Waals surface area contributed by atoms with Crippen LogP contribution in [0.2, 0.25) is 0 Å². The maximum atomic E-state index is 12.2. The number of carboxylic acid groups (broad SMARTS) is 1. The van der Waals surface area contributed by atoms with Crippen molar-refractivity contribution in [2.75, 3.05) is 13.2 Å². The van der Waals surface area contributed by atoms with Gasteiger partial charge in [-0.2, -0.15) is 0 Å². The van der Waals surface area contributed by atoms with E-state index in [9.17, 15) is 13.2 Å². The molecule has 2 N–H and O–H groups in total. The van der Waals surface area contributed by atoms with Crippen molar-refractivity contribution in [2.45, 2.75) is 31.1 Å². The van der Waals surface area contributed by atoms with E-state index < -0.39 is 21.5 Å². The molecule has 0 aromatic heterocycles. The van der Waals surface area contributed by atoms with E-state index in [-0.39, 0.29) is 11.3 Å². The summed E-state index contributed by atoms with van der Waals surface area (Å²) in [7, 11) is -3.48. The van der Waals surface area contributed by atoms with Crippen molar-refractivity contribution in [3.8, 4) is 0 Å². The molecule has 0 aliphatic carbocycles. The minimum atomic E-state index is -3.48. The van der Waals surface area contributed by atoms with Crippen LogP contribution in [-0.4, -0.2) is 38.2 Å². The van der Waals surface area contributed by atoms with Crippen molar-refractivity contribution >= 4 is 16.0 Å². The molecule has 1 aromatic rings. The average molecular weight is 313 g/mol. The molecule has 0 atom stereocenters. The van der Waals surface area contributed by atoms with Crippen LogP contribution in [-0.2, 0) is 20.5 Å². The lowest BCUT2D eigenvalue weighted by Crippen LogP contribution is -2.49. The van der Waals surface area contributed by atoms with E-state index in [0.717, 1.165) is 0 Å². The summed E-state index contributed by atoms with van der Waals surface area (Å²) in [6.45, 7) is 2.97. The van der Waals surface area contributed by atoms with Crippen LogP contribution in [0.5, 0.6) is 0 Å².